The molecule has 0 heterocycles. The summed E-state index contributed by atoms with van der Waals surface area (Å²) in [4.78, 5) is 3.89. The third-order valence-electron chi connectivity index (χ3n) is 1.81. The molecule has 0 aliphatic heterocycles. The highest BCUT2D eigenvalue weighted by Gasteiger charge is 2.13. The van der Waals surface area contributed by atoms with Crippen molar-refractivity contribution in [3.63, 3.8) is 0 Å². The molecule has 0 saturated carbocycles. The number of aliphatic imine (C=N–C) groups is 1. The lowest BCUT2D eigenvalue weighted by Crippen LogP contribution is -1.98. The second-order valence-electron chi connectivity index (χ2n) is 2.83. The molecule has 0 saturated heterocycles. The zero-order valence-corrected chi connectivity index (χ0v) is 10.7. The molecular weight excluding hydrogens is 222 g/mol. The third-order valence-corrected chi connectivity index (χ3v) is 2.94. The van der Waals surface area contributed by atoms with E-state index >= 15 is 0 Å². The molecule has 0 amide bonds. The zero-order valence-electron chi connectivity index (χ0n) is 9.90. The highest BCUT2D eigenvalue weighted by Crippen LogP contribution is 2.28. The van der Waals surface area contributed by atoms with E-state index in [4.69, 9.17) is 0 Å². The maximum atomic E-state index is 11.4. The Balaban J connectivity index is 0.00000106. The van der Waals surface area contributed by atoms with E-state index in [0.717, 1.165) is 6.26 Å². The van der Waals surface area contributed by atoms with Crippen LogP contribution in [0.1, 0.15) is 19.4 Å². The van der Waals surface area contributed by atoms with Crippen LogP contribution >= 0.6 is 0 Å². The molecule has 3 nitrogen and oxygen atoms in total. The van der Waals surface area contributed by atoms with Crippen LogP contribution in [0.2, 0.25) is 0 Å². The van der Waals surface area contributed by atoms with E-state index in [9.17, 15) is 8.42 Å². The molecule has 16 heavy (non-hydrogen) atoms. The summed E-state index contributed by atoms with van der Waals surface area (Å²) in [5.74, 6) is 0. The molecule has 0 aromatic heterocycles. The molecule has 88 valence electrons. The summed E-state index contributed by atoms with van der Waals surface area (Å²) < 4.78 is 22.7. The number of hydrogen-bond donors (Lipinski definition) is 0. The zero-order chi connectivity index (χ0) is 12.8. The molecule has 0 aliphatic rings. The Morgan fingerprint density at radius 1 is 1.31 bits per heavy atom. The lowest BCUT2D eigenvalue weighted by molar-refractivity contribution is 0.602. The normalized spacial score (nSPS) is 9.94. The summed E-state index contributed by atoms with van der Waals surface area (Å²) in [5.41, 5.74) is 1.04. The average molecular weight is 239 g/mol. The Bertz CT molecular complexity index is 476. The smallest absolute Gasteiger partial charge is 0.177 e. The van der Waals surface area contributed by atoms with Crippen molar-refractivity contribution in [2.75, 3.05) is 6.26 Å². The summed E-state index contributed by atoms with van der Waals surface area (Å²) in [6, 6.07) is 4.90. The van der Waals surface area contributed by atoms with Crippen molar-refractivity contribution in [2.24, 2.45) is 4.99 Å². The Kier molecular flexibility index (Phi) is 5.67. The maximum Gasteiger partial charge on any atom is 0.177 e. The van der Waals surface area contributed by atoms with Crippen molar-refractivity contribution in [3.8, 4) is 0 Å². The summed E-state index contributed by atoms with van der Waals surface area (Å²) in [6.45, 7) is 10.9. The third kappa shape index (κ3) is 3.31. The first kappa shape index (κ1) is 14.6. The second kappa shape index (κ2) is 6.23. The van der Waals surface area contributed by atoms with Crippen LogP contribution in [-0.4, -0.2) is 21.4 Å². The first-order valence-electron chi connectivity index (χ1n) is 4.93. The molecule has 0 aliphatic carbocycles. The van der Waals surface area contributed by atoms with Crippen molar-refractivity contribution in [3.05, 3.63) is 30.3 Å². The molecule has 4 heteroatoms. The van der Waals surface area contributed by atoms with Crippen LogP contribution in [0.4, 0.5) is 5.69 Å². The van der Waals surface area contributed by atoms with Crippen LogP contribution in [0.25, 0.3) is 6.08 Å². The Morgan fingerprint density at radius 2 is 1.88 bits per heavy atom. The lowest BCUT2D eigenvalue weighted by atomic mass is 10.2. The number of hydrogen-bond acceptors (Lipinski definition) is 3. The van der Waals surface area contributed by atoms with Gasteiger partial charge in [0.2, 0.25) is 0 Å². The van der Waals surface area contributed by atoms with E-state index in [1.807, 2.05) is 13.8 Å². The van der Waals surface area contributed by atoms with Gasteiger partial charge in [0, 0.05) is 11.8 Å². The number of para-hydroxylation sites is 1. The predicted octanol–water partition coefficient (Wildman–Crippen LogP) is 3.09. The average Bonchev–Trinajstić information content (AvgIpc) is 2.29. The number of benzene rings is 1. The second-order valence-corrected chi connectivity index (χ2v) is 4.81. The van der Waals surface area contributed by atoms with Gasteiger partial charge in [-0.2, -0.15) is 0 Å². The van der Waals surface area contributed by atoms with Gasteiger partial charge < -0.3 is 0 Å². The first-order valence-corrected chi connectivity index (χ1v) is 6.82. The van der Waals surface area contributed by atoms with Gasteiger partial charge in [0.05, 0.1) is 10.6 Å². The van der Waals surface area contributed by atoms with Gasteiger partial charge >= 0.3 is 0 Å². The number of rotatable bonds is 3. The minimum atomic E-state index is -3.26. The van der Waals surface area contributed by atoms with E-state index in [-0.39, 0.29) is 4.90 Å². The molecule has 0 bridgehead atoms. The van der Waals surface area contributed by atoms with Crippen LogP contribution in [-0.2, 0) is 9.84 Å². The summed E-state index contributed by atoms with van der Waals surface area (Å²) >= 11 is 0. The fraction of sp³-hybridized carbons (Fsp3) is 0.250. The minimum absolute atomic E-state index is 0.185. The van der Waals surface area contributed by atoms with Crippen molar-refractivity contribution in [1.82, 2.24) is 0 Å². The van der Waals surface area contributed by atoms with Gasteiger partial charge in [-0.05, 0) is 12.8 Å². The van der Waals surface area contributed by atoms with E-state index < -0.39 is 9.84 Å². The molecule has 0 radical (unpaired) electrons. The summed E-state index contributed by atoms with van der Waals surface area (Å²) in [6.07, 6.45) is 2.70. The van der Waals surface area contributed by atoms with E-state index in [1.54, 1.807) is 18.2 Å². The van der Waals surface area contributed by atoms with Crippen LogP contribution in [0.5, 0.6) is 0 Å². The molecule has 0 spiro atoms. The maximum absolute atomic E-state index is 11.4. The molecule has 1 aromatic rings. The topological polar surface area (TPSA) is 46.5 Å². The molecule has 0 N–H and O–H groups in total. The van der Waals surface area contributed by atoms with Crippen molar-refractivity contribution in [2.45, 2.75) is 18.7 Å². The number of sulfone groups is 1. The van der Waals surface area contributed by atoms with Crippen LogP contribution in [0.15, 0.2) is 34.7 Å². The summed E-state index contributed by atoms with van der Waals surface area (Å²) in [5, 5.41) is 0. The fourth-order valence-electron chi connectivity index (χ4n) is 1.17. The number of nitrogens with zero attached hydrogens (tertiary/aromatic N) is 1. The van der Waals surface area contributed by atoms with Crippen molar-refractivity contribution in [1.29, 1.82) is 0 Å². The van der Waals surface area contributed by atoms with Crippen LogP contribution in [0.3, 0.4) is 0 Å². The van der Waals surface area contributed by atoms with Gasteiger partial charge in [0.25, 0.3) is 0 Å². The lowest BCUT2D eigenvalue weighted by Gasteiger charge is -2.05. The van der Waals surface area contributed by atoms with Crippen LogP contribution < -0.4 is 0 Å². The standard InChI is InChI=1S/C10H11NO2S.C2H6/c1-4-8-6-5-7-9(10(8)11-2)14(3,12)13;1-2/h4-7H,1-2H2,3H3;1-2H3. The SMILES string of the molecule is C=Cc1cccc(S(C)(=O)=O)c1N=C.CC. The van der Waals surface area contributed by atoms with Gasteiger partial charge in [-0.1, -0.05) is 38.6 Å². The Hall–Kier alpha value is -1.42. The highest BCUT2D eigenvalue weighted by atomic mass is 32.2. The van der Waals surface area contributed by atoms with Gasteiger partial charge in [0.15, 0.2) is 9.84 Å². The first-order chi connectivity index (χ1) is 7.50. The van der Waals surface area contributed by atoms with Gasteiger partial charge in [-0.25, -0.2) is 8.42 Å². The quantitative estimate of drug-likeness (QED) is 0.761. The Morgan fingerprint density at radius 3 is 2.25 bits per heavy atom. The minimum Gasteiger partial charge on any atom is -0.263 e. The molecule has 0 unspecified atom stereocenters. The Labute approximate surface area is 97.5 Å². The molecular formula is C12H17NO2S. The monoisotopic (exact) mass is 239 g/mol. The highest BCUT2D eigenvalue weighted by molar-refractivity contribution is 7.90. The van der Waals surface area contributed by atoms with Gasteiger partial charge in [0.1, 0.15) is 0 Å². The molecule has 0 fully saturated rings. The van der Waals surface area contributed by atoms with E-state index in [2.05, 4.69) is 18.3 Å². The predicted molar refractivity (Wildman–Crippen MR) is 70.2 cm³/mol. The summed E-state index contributed by atoms with van der Waals surface area (Å²) in [7, 11) is -3.26. The molecule has 1 rings (SSSR count). The van der Waals surface area contributed by atoms with Crippen molar-refractivity contribution >= 4 is 28.3 Å². The van der Waals surface area contributed by atoms with E-state index in [0.29, 0.717) is 11.3 Å². The molecule has 1 aromatic carbocycles. The van der Waals surface area contributed by atoms with Crippen LogP contribution in [0, 0.1) is 0 Å². The van der Waals surface area contributed by atoms with Gasteiger partial charge in [-0.3, -0.25) is 4.99 Å². The van der Waals surface area contributed by atoms with Crippen molar-refractivity contribution < 1.29 is 8.42 Å². The largest absolute Gasteiger partial charge is 0.263 e. The van der Waals surface area contributed by atoms with E-state index in [1.165, 1.54) is 6.07 Å². The fourth-order valence-corrected chi connectivity index (χ4v) is 2.03. The molecule has 0 atom stereocenters. The van der Waals surface area contributed by atoms with Gasteiger partial charge in [-0.15, -0.1) is 0 Å².